The molecule has 0 aromatic heterocycles. The zero-order chi connectivity index (χ0) is 11.5. The van der Waals surface area contributed by atoms with Gasteiger partial charge in [-0.2, -0.15) is 0 Å². The summed E-state index contributed by atoms with van der Waals surface area (Å²) in [6.45, 7) is 0. The molecule has 0 amide bonds. The topological polar surface area (TPSA) is 92.7 Å². The molecule has 0 N–H and O–H groups in total. The standard InChI is InChI=1S/C8H8O6S.Na/c1-13-8(9)14-6-2-4-7(5-3-6)15(10,11)12;/h2-5H,1H3,(H,10,11,12);/q;+1/p-1. The molecule has 0 aliphatic rings. The zero-order valence-electron chi connectivity index (χ0n) is 8.67. The Morgan fingerprint density at radius 1 is 1.25 bits per heavy atom. The van der Waals surface area contributed by atoms with Gasteiger partial charge in [0.05, 0.1) is 12.0 Å². The molecule has 0 unspecified atom stereocenters. The van der Waals surface area contributed by atoms with E-state index in [1.807, 2.05) is 0 Å². The van der Waals surface area contributed by atoms with Crippen molar-refractivity contribution in [3.05, 3.63) is 24.3 Å². The minimum atomic E-state index is -4.48. The molecular weight excluding hydrogens is 247 g/mol. The Labute approximate surface area is 115 Å². The van der Waals surface area contributed by atoms with Gasteiger partial charge >= 0.3 is 35.7 Å². The molecule has 1 aromatic rings. The first-order chi connectivity index (χ1) is 6.93. The van der Waals surface area contributed by atoms with Gasteiger partial charge in [-0.1, -0.05) is 0 Å². The van der Waals surface area contributed by atoms with E-state index in [-0.39, 0.29) is 40.2 Å². The first kappa shape index (κ1) is 15.4. The summed E-state index contributed by atoms with van der Waals surface area (Å²) in [5.74, 6) is 0.0919. The fourth-order valence-corrected chi connectivity index (χ4v) is 1.28. The quantitative estimate of drug-likeness (QED) is 0.256. The second-order valence-corrected chi connectivity index (χ2v) is 3.86. The Morgan fingerprint density at radius 2 is 1.75 bits per heavy atom. The second kappa shape index (κ2) is 6.21. The number of methoxy groups -OCH3 is 1. The SMILES string of the molecule is COC(=O)Oc1ccc(S(=O)(=O)[O-])cc1.[Na+]. The van der Waals surface area contributed by atoms with Crippen molar-refractivity contribution < 1.29 is 56.8 Å². The molecule has 0 heterocycles. The minimum Gasteiger partial charge on any atom is -0.744 e. The molecule has 0 atom stereocenters. The summed E-state index contributed by atoms with van der Waals surface area (Å²) in [6, 6.07) is 4.45. The predicted octanol–water partition coefficient (Wildman–Crippen LogP) is -2.26. The second-order valence-electron chi connectivity index (χ2n) is 2.48. The minimum absolute atomic E-state index is 0. The van der Waals surface area contributed by atoms with Crippen LogP contribution in [0.15, 0.2) is 29.2 Å². The van der Waals surface area contributed by atoms with Crippen LogP contribution in [0.3, 0.4) is 0 Å². The molecule has 0 bridgehead atoms. The Hall–Kier alpha value is -0.600. The van der Waals surface area contributed by atoms with Crippen LogP contribution in [0.25, 0.3) is 0 Å². The summed E-state index contributed by atoms with van der Waals surface area (Å²) in [5, 5.41) is 0. The zero-order valence-corrected chi connectivity index (χ0v) is 11.5. The Balaban J connectivity index is 0.00000225. The molecule has 8 heteroatoms. The summed E-state index contributed by atoms with van der Waals surface area (Å²) in [4.78, 5) is 10.2. The van der Waals surface area contributed by atoms with Gasteiger partial charge in [-0.05, 0) is 24.3 Å². The van der Waals surface area contributed by atoms with Crippen LogP contribution in [0.2, 0.25) is 0 Å². The fourth-order valence-electron chi connectivity index (χ4n) is 0.812. The van der Waals surface area contributed by atoms with Gasteiger partial charge in [0, 0.05) is 0 Å². The Morgan fingerprint density at radius 3 is 2.12 bits per heavy atom. The summed E-state index contributed by atoms with van der Waals surface area (Å²) < 4.78 is 40.4. The van der Waals surface area contributed by atoms with Crippen molar-refractivity contribution in [1.82, 2.24) is 0 Å². The fraction of sp³-hybridized carbons (Fsp3) is 0.125. The molecule has 1 rings (SSSR count). The van der Waals surface area contributed by atoms with E-state index in [9.17, 15) is 17.8 Å². The molecule has 82 valence electrons. The van der Waals surface area contributed by atoms with Gasteiger partial charge in [0.1, 0.15) is 15.9 Å². The third-order valence-corrected chi connectivity index (χ3v) is 2.33. The number of ether oxygens (including phenoxy) is 2. The molecule has 6 nitrogen and oxygen atoms in total. The molecule has 0 saturated carbocycles. The van der Waals surface area contributed by atoms with Gasteiger partial charge in [0.25, 0.3) is 0 Å². The monoisotopic (exact) mass is 254 g/mol. The van der Waals surface area contributed by atoms with Crippen molar-refractivity contribution in [1.29, 1.82) is 0 Å². The van der Waals surface area contributed by atoms with Crippen molar-refractivity contribution >= 4 is 16.3 Å². The third-order valence-electron chi connectivity index (χ3n) is 1.48. The summed E-state index contributed by atoms with van der Waals surface area (Å²) in [7, 11) is -3.34. The van der Waals surface area contributed by atoms with Gasteiger partial charge in [-0.15, -0.1) is 0 Å². The van der Waals surface area contributed by atoms with E-state index >= 15 is 0 Å². The van der Waals surface area contributed by atoms with Gasteiger partial charge < -0.3 is 14.0 Å². The molecule has 0 fully saturated rings. The maximum absolute atomic E-state index is 10.6. The molecule has 1 aromatic carbocycles. The van der Waals surface area contributed by atoms with Crippen LogP contribution in [-0.2, 0) is 14.9 Å². The Kier molecular flexibility index (Phi) is 5.98. The average Bonchev–Trinajstić information content (AvgIpc) is 2.17. The van der Waals surface area contributed by atoms with E-state index < -0.39 is 16.3 Å². The van der Waals surface area contributed by atoms with Crippen molar-refractivity contribution in [2.24, 2.45) is 0 Å². The number of carbonyl (C=O) groups is 1. The summed E-state index contributed by atoms with van der Waals surface area (Å²) in [5.41, 5.74) is 0. The first-order valence-electron chi connectivity index (χ1n) is 3.75. The average molecular weight is 254 g/mol. The summed E-state index contributed by atoms with van der Waals surface area (Å²) in [6.07, 6.45) is -0.923. The van der Waals surface area contributed by atoms with Gasteiger partial charge in [0.2, 0.25) is 0 Å². The van der Waals surface area contributed by atoms with Crippen LogP contribution < -0.4 is 34.3 Å². The molecular formula is C8H7NaO6S. The third kappa shape index (κ3) is 4.50. The van der Waals surface area contributed by atoms with Crippen molar-refractivity contribution in [2.75, 3.05) is 7.11 Å². The van der Waals surface area contributed by atoms with E-state index in [0.717, 1.165) is 19.2 Å². The van der Waals surface area contributed by atoms with E-state index in [2.05, 4.69) is 9.47 Å². The molecule has 16 heavy (non-hydrogen) atoms. The normalized spacial score (nSPS) is 10.1. The van der Waals surface area contributed by atoms with Crippen LogP contribution >= 0.6 is 0 Å². The van der Waals surface area contributed by atoms with E-state index in [1.54, 1.807) is 0 Å². The van der Waals surface area contributed by atoms with Gasteiger partial charge in [-0.3, -0.25) is 0 Å². The van der Waals surface area contributed by atoms with Crippen LogP contribution in [0, 0.1) is 0 Å². The van der Waals surface area contributed by atoms with E-state index in [1.165, 1.54) is 12.1 Å². The van der Waals surface area contributed by atoms with Crippen LogP contribution in [0.4, 0.5) is 4.79 Å². The maximum Gasteiger partial charge on any atom is 1.00 e. The number of hydrogen-bond acceptors (Lipinski definition) is 6. The number of benzene rings is 1. The molecule has 0 aliphatic carbocycles. The molecule has 0 radical (unpaired) electrons. The van der Waals surface area contributed by atoms with Gasteiger partial charge in [-0.25, -0.2) is 13.2 Å². The molecule has 0 saturated heterocycles. The van der Waals surface area contributed by atoms with Crippen molar-refractivity contribution in [3.8, 4) is 5.75 Å². The van der Waals surface area contributed by atoms with Crippen molar-refractivity contribution in [3.63, 3.8) is 0 Å². The van der Waals surface area contributed by atoms with E-state index in [4.69, 9.17) is 0 Å². The Bertz CT molecular complexity index is 452. The molecule has 0 aliphatic heterocycles. The summed E-state index contributed by atoms with van der Waals surface area (Å²) >= 11 is 0. The molecule has 0 spiro atoms. The number of carbonyl (C=O) groups excluding carboxylic acids is 1. The largest absolute Gasteiger partial charge is 1.00 e. The van der Waals surface area contributed by atoms with Gasteiger partial charge in [0.15, 0.2) is 0 Å². The smallest absolute Gasteiger partial charge is 0.744 e. The predicted molar refractivity (Wildman–Crippen MR) is 47.4 cm³/mol. The first-order valence-corrected chi connectivity index (χ1v) is 5.16. The maximum atomic E-state index is 10.6. The van der Waals surface area contributed by atoms with Crippen LogP contribution in [0.1, 0.15) is 0 Å². The van der Waals surface area contributed by atoms with Crippen LogP contribution in [0.5, 0.6) is 5.75 Å². The number of hydrogen-bond donors (Lipinski definition) is 0. The van der Waals surface area contributed by atoms with Crippen LogP contribution in [-0.4, -0.2) is 26.2 Å². The van der Waals surface area contributed by atoms with Crippen molar-refractivity contribution in [2.45, 2.75) is 4.90 Å². The number of rotatable bonds is 2. The van der Waals surface area contributed by atoms with E-state index in [0.29, 0.717) is 0 Å².